The van der Waals surface area contributed by atoms with Gasteiger partial charge in [0.15, 0.2) is 21.3 Å². The zero-order valence-corrected chi connectivity index (χ0v) is 20.9. The van der Waals surface area contributed by atoms with Crippen molar-refractivity contribution >= 4 is 33.0 Å². The summed E-state index contributed by atoms with van der Waals surface area (Å²) in [6, 6.07) is 15.9. The molecule has 3 aromatic rings. The first-order chi connectivity index (χ1) is 17.8. The quantitative estimate of drug-likeness (QED) is 0.522. The molecule has 1 atom stereocenters. The highest BCUT2D eigenvalue weighted by atomic mass is 32.2. The van der Waals surface area contributed by atoms with Gasteiger partial charge in [-0.05, 0) is 42.0 Å². The van der Waals surface area contributed by atoms with E-state index < -0.39 is 33.4 Å². The molecule has 3 aromatic carbocycles. The maximum absolute atomic E-state index is 13.8. The fraction of sp³-hybridized carbons (Fsp3) is 0.231. The second-order valence-corrected chi connectivity index (χ2v) is 10.5. The van der Waals surface area contributed by atoms with Crippen LogP contribution in [0.4, 0.5) is 11.4 Å². The topological polar surface area (TPSA) is 120 Å². The van der Waals surface area contributed by atoms with Crippen molar-refractivity contribution in [3.63, 3.8) is 0 Å². The number of benzene rings is 3. The normalized spacial score (nSPS) is 17.5. The van der Waals surface area contributed by atoms with E-state index in [0.717, 1.165) is 0 Å². The number of anilines is 2. The number of hydrogen-bond acceptors (Lipinski definition) is 8. The number of carbonyl (C=O) groups is 2. The van der Waals surface area contributed by atoms with Crippen molar-refractivity contribution in [2.75, 3.05) is 37.8 Å². The van der Waals surface area contributed by atoms with Gasteiger partial charge in [-0.3, -0.25) is 9.59 Å². The summed E-state index contributed by atoms with van der Waals surface area (Å²) in [5, 5.41) is 1.57. The van der Waals surface area contributed by atoms with Crippen molar-refractivity contribution in [1.82, 2.24) is 0 Å². The Bertz CT molecular complexity index is 1490. The minimum absolute atomic E-state index is 0.0293. The number of para-hydroxylation sites is 1. The highest BCUT2D eigenvalue weighted by molar-refractivity contribution is 7.92. The molecule has 0 bridgehead atoms. The van der Waals surface area contributed by atoms with E-state index in [1.807, 2.05) is 0 Å². The van der Waals surface area contributed by atoms with E-state index >= 15 is 0 Å². The Morgan fingerprint density at radius 3 is 2.59 bits per heavy atom. The maximum atomic E-state index is 13.8. The fourth-order valence-electron chi connectivity index (χ4n) is 4.41. The molecule has 1 N–H and O–H groups in total. The zero-order chi connectivity index (χ0) is 26.2. The summed E-state index contributed by atoms with van der Waals surface area (Å²) in [7, 11) is -1.02. The van der Waals surface area contributed by atoms with Gasteiger partial charge in [-0.1, -0.05) is 18.2 Å². The van der Waals surface area contributed by atoms with Crippen LogP contribution in [-0.2, 0) is 19.4 Å². The molecule has 10 nitrogen and oxygen atoms in total. The van der Waals surface area contributed by atoms with Gasteiger partial charge in [-0.15, -0.1) is 0 Å². The molecule has 1 unspecified atom stereocenters. The molecule has 0 spiro atoms. The fourth-order valence-corrected chi connectivity index (χ4v) is 6.32. The van der Waals surface area contributed by atoms with Gasteiger partial charge in [0.1, 0.15) is 18.0 Å². The predicted octanol–water partition coefficient (Wildman–Crippen LogP) is 3.32. The minimum Gasteiger partial charge on any atom is -0.497 e. The maximum Gasteiger partial charge on any atom is 0.244 e. The zero-order valence-electron chi connectivity index (χ0n) is 20.1. The number of fused-ring (bicyclic) bond motifs is 2. The summed E-state index contributed by atoms with van der Waals surface area (Å²) < 4.78 is 48.7. The number of amides is 2. The number of sulfone groups is 1. The van der Waals surface area contributed by atoms with Gasteiger partial charge in [0.25, 0.3) is 0 Å². The van der Waals surface area contributed by atoms with E-state index in [0.29, 0.717) is 34.2 Å². The molecular formula is C26H24N2O8S. The second-order valence-electron chi connectivity index (χ2n) is 8.41. The van der Waals surface area contributed by atoms with Gasteiger partial charge in [0.2, 0.25) is 18.6 Å². The molecular weight excluding hydrogens is 500 g/mol. The van der Waals surface area contributed by atoms with Crippen molar-refractivity contribution < 1.29 is 37.0 Å². The molecule has 0 radical (unpaired) electrons. The summed E-state index contributed by atoms with van der Waals surface area (Å²) in [6.07, 6.45) is -0.351. The van der Waals surface area contributed by atoms with E-state index in [2.05, 4.69) is 5.32 Å². The first kappa shape index (κ1) is 24.4. The monoisotopic (exact) mass is 524 g/mol. The van der Waals surface area contributed by atoms with Crippen LogP contribution in [0.3, 0.4) is 0 Å². The molecule has 0 saturated carbocycles. The van der Waals surface area contributed by atoms with Gasteiger partial charge in [-0.25, -0.2) is 8.42 Å². The van der Waals surface area contributed by atoms with Gasteiger partial charge in [0, 0.05) is 12.5 Å². The van der Waals surface area contributed by atoms with Crippen LogP contribution >= 0.6 is 0 Å². The molecule has 2 heterocycles. The molecule has 0 saturated heterocycles. The number of rotatable bonds is 6. The van der Waals surface area contributed by atoms with E-state index in [1.54, 1.807) is 48.5 Å². The van der Waals surface area contributed by atoms with Crippen LogP contribution in [0, 0.1) is 0 Å². The molecule has 5 rings (SSSR count). The van der Waals surface area contributed by atoms with Crippen molar-refractivity contribution in [1.29, 1.82) is 0 Å². The molecule has 37 heavy (non-hydrogen) atoms. The molecule has 0 aliphatic carbocycles. The highest BCUT2D eigenvalue weighted by Crippen LogP contribution is 2.43. The van der Waals surface area contributed by atoms with Gasteiger partial charge in [-0.2, -0.15) is 0 Å². The van der Waals surface area contributed by atoms with Crippen LogP contribution in [0.25, 0.3) is 0 Å². The lowest BCUT2D eigenvalue weighted by atomic mass is 10.1. The Morgan fingerprint density at radius 2 is 1.81 bits per heavy atom. The van der Waals surface area contributed by atoms with Crippen LogP contribution in [-0.4, -0.2) is 47.8 Å². The third-order valence-corrected chi connectivity index (χ3v) is 8.40. The van der Waals surface area contributed by atoms with Crippen LogP contribution in [0.15, 0.2) is 65.6 Å². The number of methoxy groups -OCH3 is 2. The lowest BCUT2D eigenvalue weighted by molar-refractivity contribution is -0.121. The standard InChI is InChI=1S/C26H24N2O8S/c1-33-17-8-9-18(21(12-17)34-2)27-25(29)14-28-19-5-3-4-6-23(19)37(31,32)24(13-26(28)30)16-7-10-20-22(11-16)36-15-35-20/h3-12,24H,13-15H2,1-2H3,(H,27,29). The van der Waals surface area contributed by atoms with Crippen molar-refractivity contribution in [3.05, 3.63) is 66.2 Å². The summed E-state index contributed by atoms with van der Waals surface area (Å²) in [6.45, 7) is -0.353. The van der Waals surface area contributed by atoms with Crippen molar-refractivity contribution in [2.45, 2.75) is 16.6 Å². The number of hydrogen-bond donors (Lipinski definition) is 1. The number of nitrogens with zero attached hydrogens (tertiary/aromatic N) is 1. The Balaban J connectivity index is 1.47. The molecule has 2 amide bonds. The number of nitrogens with one attached hydrogen (secondary N) is 1. The summed E-state index contributed by atoms with van der Waals surface area (Å²) in [5.74, 6) is 0.821. The molecule has 0 aromatic heterocycles. The van der Waals surface area contributed by atoms with E-state index in [4.69, 9.17) is 18.9 Å². The first-order valence-electron chi connectivity index (χ1n) is 11.4. The lowest BCUT2D eigenvalue weighted by Gasteiger charge is -2.22. The smallest absolute Gasteiger partial charge is 0.244 e. The molecule has 2 aliphatic heterocycles. The van der Waals surface area contributed by atoms with E-state index in [-0.39, 0.29) is 23.8 Å². The average molecular weight is 525 g/mol. The lowest BCUT2D eigenvalue weighted by Crippen LogP contribution is -2.38. The highest BCUT2D eigenvalue weighted by Gasteiger charge is 2.40. The SMILES string of the molecule is COc1ccc(NC(=O)CN2C(=O)CC(c3ccc4c(c3)OCO4)S(=O)(=O)c3ccccc32)c(OC)c1. The molecule has 0 fully saturated rings. The van der Waals surface area contributed by atoms with Gasteiger partial charge < -0.3 is 29.2 Å². The largest absolute Gasteiger partial charge is 0.497 e. The minimum atomic E-state index is -3.99. The van der Waals surface area contributed by atoms with Crippen LogP contribution in [0.1, 0.15) is 17.2 Å². The third-order valence-electron chi connectivity index (χ3n) is 6.25. The average Bonchev–Trinajstić information content (AvgIpc) is 3.35. The Morgan fingerprint density at radius 1 is 1.03 bits per heavy atom. The van der Waals surface area contributed by atoms with Gasteiger partial charge >= 0.3 is 0 Å². The Kier molecular flexibility index (Phi) is 6.38. The Labute approximate surface area is 213 Å². The van der Waals surface area contributed by atoms with Crippen LogP contribution < -0.4 is 29.2 Å². The summed E-state index contributed by atoms with van der Waals surface area (Å²) >= 11 is 0. The first-order valence-corrected chi connectivity index (χ1v) is 12.9. The van der Waals surface area contributed by atoms with Crippen LogP contribution in [0.2, 0.25) is 0 Å². The summed E-state index contributed by atoms with van der Waals surface area (Å²) in [4.78, 5) is 27.7. The molecule has 192 valence electrons. The van der Waals surface area contributed by atoms with Crippen molar-refractivity contribution in [2.24, 2.45) is 0 Å². The van der Waals surface area contributed by atoms with Crippen molar-refractivity contribution in [3.8, 4) is 23.0 Å². The van der Waals surface area contributed by atoms with Gasteiger partial charge in [0.05, 0.1) is 35.7 Å². The second kappa shape index (κ2) is 9.66. The number of ether oxygens (including phenoxy) is 4. The summed E-state index contributed by atoms with van der Waals surface area (Å²) in [5.41, 5.74) is 0.934. The predicted molar refractivity (Wildman–Crippen MR) is 134 cm³/mol. The number of carbonyl (C=O) groups excluding carboxylic acids is 2. The van der Waals surface area contributed by atoms with E-state index in [1.165, 1.54) is 31.3 Å². The molecule has 2 aliphatic rings. The molecule has 11 heteroatoms. The van der Waals surface area contributed by atoms with Crippen LogP contribution in [0.5, 0.6) is 23.0 Å². The third kappa shape index (κ3) is 4.53. The van der Waals surface area contributed by atoms with E-state index in [9.17, 15) is 18.0 Å². The Hall–Kier alpha value is -4.25.